The molecule has 0 aliphatic heterocycles. The van der Waals surface area contributed by atoms with Gasteiger partial charge < -0.3 is 0 Å². The van der Waals surface area contributed by atoms with Crippen LogP contribution < -0.4 is 0 Å². The second kappa shape index (κ2) is 3.93. The van der Waals surface area contributed by atoms with Gasteiger partial charge in [-0.15, -0.1) is 0 Å². The summed E-state index contributed by atoms with van der Waals surface area (Å²) in [5, 5.41) is 0. The first-order chi connectivity index (χ1) is 6.79. The maximum atomic E-state index is 4.38. The normalized spacial score (nSPS) is 10.1. The van der Waals surface area contributed by atoms with E-state index in [-0.39, 0.29) is 0 Å². The lowest BCUT2D eigenvalue weighted by Crippen LogP contribution is -1.88. The molecule has 14 heavy (non-hydrogen) atoms. The zero-order valence-electron chi connectivity index (χ0n) is 7.87. The predicted octanol–water partition coefficient (Wildman–Crippen LogP) is 3.82. The molecule has 0 atom stereocenters. The van der Waals surface area contributed by atoms with Crippen LogP contribution in [0.2, 0.25) is 0 Å². The molecule has 0 spiro atoms. The lowest BCUT2D eigenvalue weighted by molar-refractivity contribution is 1.25. The third-order valence-electron chi connectivity index (χ3n) is 2.19. The van der Waals surface area contributed by atoms with Gasteiger partial charge in [-0.2, -0.15) is 0 Å². The maximum absolute atomic E-state index is 4.38. The highest BCUT2D eigenvalue weighted by atomic mass is 79.9. The number of hydrogen-bond acceptors (Lipinski definition) is 1. The van der Waals surface area contributed by atoms with Gasteiger partial charge in [-0.05, 0) is 18.6 Å². The largest absolute Gasteiger partial charge is 0.256 e. The zero-order chi connectivity index (χ0) is 9.97. The Morgan fingerprint density at radius 1 is 1.07 bits per heavy atom. The fourth-order valence-electron chi connectivity index (χ4n) is 1.40. The van der Waals surface area contributed by atoms with E-state index in [4.69, 9.17) is 0 Å². The lowest BCUT2D eigenvalue weighted by atomic mass is 10.1. The van der Waals surface area contributed by atoms with Gasteiger partial charge in [-0.25, -0.2) is 0 Å². The summed E-state index contributed by atoms with van der Waals surface area (Å²) >= 11 is 3.50. The summed E-state index contributed by atoms with van der Waals surface area (Å²) in [4.78, 5) is 4.38. The Balaban J connectivity index is 2.58. The van der Waals surface area contributed by atoms with Crippen molar-refractivity contribution in [1.29, 1.82) is 0 Å². The number of pyridine rings is 1. The Bertz CT molecular complexity index is 437. The first kappa shape index (κ1) is 9.41. The number of aromatic nitrogens is 1. The quantitative estimate of drug-likeness (QED) is 0.747. The number of hydrogen-bond donors (Lipinski definition) is 0. The third kappa shape index (κ3) is 1.70. The standard InChI is InChI=1S/C12H10BrN/c1-9-11(13)7-8-14-12(9)10-5-3-2-4-6-10/h2-8H,1H3. The lowest BCUT2D eigenvalue weighted by Gasteiger charge is -2.05. The Labute approximate surface area is 91.9 Å². The van der Waals surface area contributed by atoms with Crippen molar-refractivity contribution >= 4 is 15.9 Å². The topological polar surface area (TPSA) is 12.9 Å². The van der Waals surface area contributed by atoms with Crippen molar-refractivity contribution in [3.8, 4) is 11.3 Å². The van der Waals surface area contributed by atoms with Crippen LogP contribution in [0.4, 0.5) is 0 Å². The molecule has 0 bridgehead atoms. The van der Waals surface area contributed by atoms with E-state index in [1.54, 1.807) is 0 Å². The van der Waals surface area contributed by atoms with E-state index >= 15 is 0 Å². The van der Waals surface area contributed by atoms with Gasteiger partial charge >= 0.3 is 0 Å². The molecule has 1 nitrogen and oxygen atoms in total. The van der Waals surface area contributed by atoms with Crippen molar-refractivity contribution in [2.24, 2.45) is 0 Å². The molecule has 0 radical (unpaired) electrons. The van der Waals surface area contributed by atoms with Gasteiger partial charge in [-0.3, -0.25) is 4.98 Å². The van der Waals surface area contributed by atoms with Crippen LogP contribution in [0.3, 0.4) is 0 Å². The van der Waals surface area contributed by atoms with Crippen molar-refractivity contribution in [3.05, 3.63) is 52.6 Å². The van der Waals surface area contributed by atoms with E-state index in [0.29, 0.717) is 0 Å². The smallest absolute Gasteiger partial charge is 0.0742 e. The molecular weight excluding hydrogens is 238 g/mol. The molecule has 0 N–H and O–H groups in total. The average Bonchev–Trinajstić information content (AvgIpc) is 2.23. The van der Waals surface area contributed by atoms with Gasteiger partial charge in [0.15, 0.2) is 0 Å². The summed E-state index contributed by atoms with van der Waals surface area (Å²) < 4.78 is 1.10. The molecule has 0 aliphatic rings. The summed E-state index contributed by atoms with van der Waals surface area (Å²) in [7, 11) is 0. The van der Waals surface area contributed by atoms with E-state index in [0.717, 1.165) is 15.7 Å². The summed E-state index contributed by atoms with van der Waals surface area (Å²) in [6.45, 7) is 2.07. The van der Waals surface area contributed by atoms with Crippen LogP contribution in [0.5, 0.6) is 0 Å². The van der Waals surface area contributed by atoms with E-state index in [1.165, 1.54) is 5.56 Å². The van der Waals surface area contributed by atoms with Crippen molar-refractivity contribution in [1.82, 2.24) is 4.98 Å². The summed E-state index contributed by atoms with van der Waals surface area (Å²) in [6.07, 6.45) is 1.82. The first-order valence-corrected chi connectivity index (χ1v) is 5.25. The monoisotopic (exact) mass is 247 g/mol. The van der Waals surface area contributed by atoms with Gasteiger partial charge in [0.1, 0.15) is 0 Å². The van der Waals surface area contributed by atoms with Crippen LogP contribution in [-0.2, 0) is 0 Å². The molecule has 2 aromatic rings. The minimum Gasteiger partial charge on any atom is -0.256 e. The van der Waals surface area contributed by atoms with Crippen LogP contribution in [0.25, 0.3) is 11.3 Å². The zero-order valence-corrected chi connectivity index (χ0v) is 9.45. The molecule has 0 saturated carbocycles. The molecule has 1 heterocycles. The number of benzene rings is 1. The summed E-state index contributed by atoms with van der Waals surface area (Å²) in [5.74, 6) is 0. The minimum atomic E-state index is 1.04. The number of nitrogens with zero attached hydrogens (tertiary/aromatic N) is 1. The number of halogens is 1. The average molecular weight is 248 g/mol. The van der Waals surface area contributed by atoms with Gasteiger partial charge in [0.25, 0.3) is 0 Å². The van der Waals surface area contributed by atoms with E-state index in [1.807, 2.05) is 30.5 Å². The highest BCUT2D eigenvalue weighted by molar-refractivity contribution is 9.10. The fourth-order valence-corrected chi connectivity index (χ4v) is 1.71. The van der Waals surface area contributed by atoms with Gasteiger partial charge in [0.05, 0.1) is 5.69 Å². The highest BCUT2D eigenvalue weighted by Gasteiger charge is 2.04. The molecular formula is C12H10BrN. The SMILES string of the molecule is Cc1c(Br)ccnc1-c1ccccc1. The van der Waals surface area contributed by atoms with Crippen molar-refractivity contribution < 1.29 is 0 Å². The van der Waals surface area contributed by atoms with Crippen LogP contribution in [0, 0.1) is 6.92 Å². The second-order valence-electron chi connectivity index (χ2n) is 3.13. The molecule has 70 valence electrons. The number of rotatable bonds is 1. The van der Waals surface area contributed by atoms with Crippen molar-refractivity contribution in [2.75, 3.05) is 0 Å². The second-order valence-corrected chi connectivity index (χ2v) is 3.99. The fraction of sp³-hybridized carbons (Fsp3) is 0.0833. The molecule has 0 unspecified atom stereocenters. The highest BCUT2D eigenvalue weighted by Crippen LogP contribution is 2.25. The maximum Gasteiger partial charge on any atom is 0.0742 e. The Hall–Kier alpha value is -1.15. The third-order valence-corrected chi connectivity index (χ3v) is 3.04. The van der Waals surface area contributed by atoms with Crippen LogP contribution in [0.15, 0.2) is 47.1 Å². The molecule has 0 fully saturated rings. The molecule has 0 amide bonds. The Kier molecular flexibility index (Phi) is 2.64. The van der Waals surface area contributed by atoms with Crippen LogP contribution in [0.1, 0.15) is 5.56 Å². The summed E-state index contributed by atoms with van der Waals surface area (Å²) in [5.41, 5.74) is 3.38. The molecule has 0 saturated heterocycles. The predicted molar refractivity (Wildman–Crippen MR) is 62.1 cm³/mol. The first-order valence-electron chi connectivity index (χ1n) is 4.45. The van der Waals surface area contributed by atoms with E-state index in [9.17, 15) is 0 Å². The van der Waals surface area contributed by atoms with Crippen molar-refractivity contribution in [3.63, 3.8) is 0 Å². The molecule has 2 heteroatoms. The van der Waals surface area contributed by atoms with Crippen LogP contribution in [-0.4, -0.2) is 4.98 Å². The Morgan fingerprint density at radius 3 is 2.50 bits per heavy atom. The van der Waals surface area contributed by atoms with E-state index in [2.05, 4.69) is 40.0 Å². The molecule has 1 aromatic carbocycles. The molecule has 1 aromatic heterocycles. The summed E-state index contributed by atoms with van der Waals surface area (Å²) in [6, 6.07) is 12.2. The van der Waals surface area contributed by atoms with E-state index < -0.39 is 0 Å². The van der Waals surface area contributed by atoms with Gasteiger partial charge in [0, 0.05) is 16.2 Å². The van der Waals surface area contributed by atoms with Crippen LogP contribution >= 0.6 is 15.9 Å². The van der Waals surface area contributed by atoms with Gasteiger partial charge in [-0.1, -0.05) is 46.3 Å². The molecule has 0 aliphatic carbocycles. The molecule has 2 rings (SSSR count). The Morgan fingerprint density at radius 2 is 1.79 bits per heavy atom. The minimum absolute atomic E-state index is 1.04. The van der Waals surface area contributed by atoms with Crippen molar-refractivity contribution in [2.45, 2.75) is 6.92 Å². The van der Waals surface area contributed by atoms with Gasteiger partial charge in [0.2, 0.25) is 0 Å².